The summed E-state index contributed by atoms with van der Waals surface area (Å²) in [6.07, 6.45) is 0.768. The van der Waals surface area contributed by atoms with E-state index < -0.39 is 16.9 Å². The van der Waals surface area contributed by atoms with Crippen molar-refractivity contribution in [1.29, 1.82) is 0 Å². The topological polar surface area (TPSA) is 98.3 Å². The number of nitrogens with zero attached hydrogens (tertiary/aromatic N) is 1. The molecule has 104 valence electrons. The molecule has 0 aliphatic heterocycles. The Balaban J connectivity index is 2.95. The largest absolute Gasteiger partial charge is 0.320 e. The summed E-state index contributed by atoms with van der Waals surface area (Å²) < 4.78 is 0. The summed E-state index contributed by atoms with van der Waals surface area (Å²) in [5, 5.41) is 13.4. The molecule has 6 nitrogen and oxygen atoms in total. The van der Waals surface area contributed by atoms with Gasteiger partial charge in [-0.05, 0) is 24.5 Å². The maximum absolute atomic E-state index is 11.9. The molecule has 0 saturated carbocycles. The Bertz CT molecular complexity index is 488. The number of nitro benzene ring substituents is 1. The van der Waals surface area contributed by atoms with E-state index in [1.807, 2.05) is 13.8 Å². The lowest BCUT2D eigenvalue weighted by Crippen LogP contribution is -2.40. The van der Waals surface area contributed by atoms with Crippen LogP contribution in [0.25, 0.3) is 0 Å². The van der Waals surface area contributed by atoms with E-state index in [-0.39, 0.29) is 17.3 Å². The predicted octanol–water partition coefficient (Wildman–Crippen LogP) is 2.22. The number of hydrogen-bond acceptors (Lipinski definition) is 4. The Kier molecular flexibility index (Phi) is 5.00. The van der Waals surface area contributed by atoms with Crippen LogP contribution in [-0.2, 0) is 4.79 Å². The second-order valence-corrected chi connectivity index (χ2v) is 4.68. The molecule has 1 unspecified atom stereocenters. The minimum Gasteiger partial charge on any atom is -0.320 e. The van der Waals surface area contributed by atoms with Crippen molar-refractivity contribution in [2.45, 2.75) is 33.2 Å². The first-order valence-corrected chi connectivity index (χ1v) is 6.18. The van der Waals surface area contributed by atoms with E-state index in [4.69, 9.17) is 5.73 Å². The van der Waals surface area contributed by atoms with Crippen LogP contribution in [0.4, 0.5) is 11.4 Å². The maximum atomic E-state index is 11.9. The molecule has 1 aromatic carbocycles. The number of rotatable bonds is 5. The fourth-order valence-electron chi connectivity index (χ4n) is 1.64. The van der Waals surface area contributed by atoms with Gasteiger partial charge in [-0.25, -0.2) is 0 Å². The predicted molar refractivity (Wildman–Crippen MR) is 73.9 cm³/mol. The molecule has 1 amide bonds. The van der Waals surface area contributed by atoms with Gasteiger partial charge in [0, 0.05) is 6.07 Å². The van der Waals surface area contributed by atoms with E-state index in [1.165, 1.54) is 6.07 Å². The lowest BCUT2D eigenvalue weighted by Gasteiger charge is -2.17. The summed E-state index contributed by atoms with van der Waals surface area (Å²) in [6.45, 7) is 5.61. The number of carbonyl (C=O) groups excluding carboxylic acids is 1. The van der Waals surface area contributed by atoms with E-state index in [9.17, 15) is 14.9 Å². The van der Waals surface area contributed by atoms with E-state index in [0.29, 0.717) is 0 Å². The third kappa shape index (κ3) is 3.75. The zero-order chi connectivity index (χ0) is 14.6. The normalized spacial score (nSPS) is 13.7. The van der Waals surface area contributed by atoms with Crippen molar-refractivity contribution >= 4 is 17.3 Å². The molecule has 1 aromatic rings. The van der Waals surface area contributed by atoms with E-state index >= 15 is 0 Å². The highest BCUT2D eigenvalue weighted by Gasteiger charge is 2.22. The van der Waals surface area contributed by atoms with Gasteiger partial charge < -0.3 is 11.1 Å². The van der Waals surface area contributed by atoms with E-state index in [2.05, 4.69) is 5.32 Å². The summed E-state index contributed by atoms with van der Waals surface area (Å²) >= 11 is 0. The van der Waals surface area contributed by atoms with E-state index in [1.54, 1.807) is 19.1 Å². The second kappa shape index (κ2) is 6.29. The first-order valence-electron chi connectivity index (χ1n) is 6.18. The van der Waals surface area contributed by atoms with Crippen LogP contribution in [0.1, 0.15) is 25.8 Å². The third-order valence-electron chi connectivity index (χ3n) is 3.17. The van der Waals surface area contributed by atoms with Crippen LogP contribution in [0.5, 0.6) is 0 Å². The van der Waals surface area contributed by atoms with Crippen LogP contribution in [0.15, 0.2) is 18.2 Å². The zero-order valence-electron chi connectivity index (χ0n) is 11.3. The monoisotopic (exact) mass is 265 g/mol. The molecule has 6 heteroatoms. The van der Waals surface area contributed by atoms with Gasteiger partial charge in [0.25, 0.3) is 5.69 Å². The Labute approximate surface area is 112 Å². The number of nitrogens with one attached hydrogen (secondary N) is 1. The summed E-state index contributed by atoms with van der Waals surface area (Å²) in [4.78, 5) is 22.3. The molecule has 0 saturated heterocycles. The fourth-order valence-corrected chi connectivity index (χ4v) is 1.64. The average molecular weight is 265 g/mol. The summed E-state index contributed by atoms with van der Waals surface area (Å²) in [5.41, 5.74) is 6.69. The average Bonchev–Trinajstić information content (AvgIpc) is 2.36. The number of benzene rings is 1. The van der Waals surface area contributed by atoms with Gasteiger partial charge in [-0.3, -0.25) is 14.9 Å². The minimum atomic E-state index is -0.676. The van der Waals surface area contributed by atoms with Gasteiger partial charge in [-0.15, -0.1) is 0 Å². The highest BCUT2D eigenvalue weighted by atomic mass is 16.6. The summed E-state index contributed by atoms with van der Waals surface area (Å²) in [7, 11) is 0. The van der Waals surface area contributed by atoms with Gasteiger partial charge in [-0.2, -0.15) is 0 Å². The number of carbonyl (C=O) groups is 1. The standard InChI is InChI=1S/C13H19N3O3/c1-4-9(3)12(14)13(17)15-10-7-8(2)5-6-11(10)16(18)19/h5-7,9,12H,4,14H2,1-3H3,(H,15,17)/t9?,12-/m0/s1. The Morgan fingerprint density at radius 1 is 1.53 bits per heavy atom. The Morgan fingerprint density at radius 2 is 2.16 bits per heavy atom. The SMILES string of the molecule is CCC(C)[C@H](N)C(=O)Nc1cc(C)ccc1[N+](=O)[O-]. The molecular weight excluding hydrogens is 246 g/mol. The van der Waals surface area contributed by atoms with Crippen molar-refractivity contribution in [3.8, 4) is 0 Å². The fraction of sp³-hybridized carbons (Fsp3) is 0.462. The van der Waals surface area contributed by atoms with Gasteiger partial charge in [0.2, 0.25) is 5.91 Å². The summed E-state index contributed by atoms with van der Waals surface area (Å²) in [5.74, 6) is -0.382. The van der Waals surface area contributed by atoms with Crippen molar-refractivity contribution in [2.24, 2.45) is 11.7 Å². The number of nitrogens with two attached hydrogens (primary N) is 1. The molecule has 3 N–H and O–H groups in total. The van der Waals surface area contributed by atoms with Crippen molar-refractivity contribution in [1.82, 2.24) is 0 Å². The number of hydrogen-bond donors (Lipinski definition) is 2. The van der Waals surface area contributed by atoms with Gasteiger partial charge in [0.15, 0.2) is 0 Å². The zero-order valence-corrected chi connectivity index (χ0v) is 11.3. The van der Waals surface area contributed by atoms with E-state index in [0.717, 1.165) is 12.0 Å². The van der Waals surface area contributed by atoms with Crippen LogP contribution in [-0.4, -0.2) is 16.9 Å². The molecule has 0 radical (unpaired) electrons. The first kappa shape index (κ1) is 15.1. The van der Waals surface area contributed by atoms with Crippen LogP contribution in [0, 0.1) is 23.0 Å². The number of aryl methyl sites for hydroxylation is 1. The number of amides is 1. The first-order chi connectivity index (χ1) is 8.86. The Morgan fingerprint density at radius 3 is 2.68 bits per heavy atom. The van der Waals surface area contributed by atoms with Crippen molar-refractivity contribution in [3.63, 3.8) is 0 Å². The highest BCUT2D eigenvalue weighted by molar-refractivity contribution is 5.96. The van der Waals surface area contributed by atoms with Crippen LogP contribution in [0.3, 0.4) is 0 Å². The van der Waals surface area contributed by atoms with Gasteiger partial charge in [-0.1, -0.05) is 26.3 Å². The molecule has 0 aliphatic carbocycles. The lowest BCUT2D eigenvalue weighted by atomic mass is 9.99. The summed E-state index contributed by atoms with van der Waals surface area (Å²) in [6, 6.07) is 3.90. The molecule has 0 bridgehead atoms. The molecule has 0 aliphatic rings. The quantitative estimate of drug-likeness (QED) is 0.630. The molecule has 0 spiro atoms. The van der Waals surface area contributed by atoms with Crippen molar-refractivity contribution in [2.75, 3.05) is 5.32 Å². The molecule has 0 aromatic heterocycles. The molecule has 19 heavy (non-hydrogen) atoms. The van der Waals surface area contributed by atoms with Gasteiger partial charge in [0.05, 0.1) is 11.0 Å². The van der Waals surface area contributed by atoms with Crippen molar-refractivity contribution < 1.29 is 9.72 Å². The molecule has 1 rings (SSSR count). The molecular formula is C13H19N3O3. The highest BCUT2D eigenvalue weighted by Crippen LogP contribution is 2.25. The van der Waals surface area contributed by atoms with Gasteiger partial charge in [0.1, 0.15) is 5.69 Å². The second-order valence-electron chi connectivity index (χ2n) is 4.68. The minimum absolute atomic E-state index is 0.0175. The van der Waals surface area contributed by atoms with Crippen molar-refractivity contribution in [3.05, 3.63) is 33.9 Å². The third-order valence-corrected chi connectivity index (χ3v) is 3.17. The van der Waals surface area contributed by atoms with Crippen LogP contribution >= 0.6 is 0 Å². The maximum Gasteiger partial charge on any atom is 0.292 e. The van der Waals surface area contributed by atoms with Crippen LogP contribution in [0.2, 0.25) is 0 Å². The smallest absolute Gasteiger partial charge is 0.292 e. The Hall–Kier alpha value is -1.95. The van der Waals surface area contributed by atoms with Gasteiger partial charge >= 0.3 is 0 Å². The molecule has 0 heterocycles. The lowest BCUT2D eigenvalue weighted by molar-refractivity contribution is -0.383. The molecule has 2 atom stereocenters. The van der Waals surface area contributed by atoms with Crippen LogP contribution < -0.4 is 11.1 Å². The molecule has 0 fully saturated rings. The number of nitro groups is 1. The number of anilines is 1.